The zero-order valence-corrected chi connectivity index (χ0v) is 15.0. The zero-order valence-electron chi connectivity index (χ0n) is 11.0. The van der Waals surface area contributed by atoms with E-state index in [-0.39, 0.29) is 10.6 Å². The molecule has 21 heavy (non-hydrogen) atoms. The van der Waals surface area contributed by atoms with E-state index < -0.39 is 15.7 Å². The number of nitrogens with one attached hydrogen (secondary N) is 1. The number of sulfone groups is 1. The van der Waals surface area contributed by atoms with Gasteiger partial charge in [0.05, 0.1) is 10.6 Å². The molecule has 0 bridgehead atoms. The van der Waals surface area contributed by atoms with Crippen LogP contribution >= 0.6 is 31.9 Å². The third-order valence-electron chi connectivity index (χ3n) is 2.83. The summed E-state index contributed by atoms with van der Waals surface area (Å²) in [4.78, 5) is 0.0865. The lowest BCUT2D eigenvalue weighted by Crippen LogP contribution is -2.04. The van der Waals surface area contributed by atoms with Gasteiger partial charge in [0.2, 0.25) is 0 Å². The molecule has 0 saturated carbocycles. The highest BCUT2D eigenvalue weighted by Crippen LogP contribution is 2.25. The van der Waals surface area contributed by atoms with Gasteiger partial charge in [0.1, 0.15) is 5.82 Å². The molecule has 0 atom stereocenters. The van der Waals surface area contributed by atoms with Crippen LogP contribution in [0.4, 0.5) is 10.1 Å². The zero-order chi connectivity index (χ0) is 15.6. The van der Waals surface area contributed by atoms with E-state index in [1.165, 1.54) is 12.1 Å². The Bertz CT molecular complexity index is 779. The Kier molecular flexibility index (Phi) is 5.06. The molecule has 0 heterocycles. The summed E-state index contributed by atoms with van der Waals surface area (Å²) in [6, 6.07) is 9.38. The van der Waals surface area contributed by atoms with Gasteiger partial charge in [-0.15, -0.1) is 0 Å². The largest absolute Gasteiger partial charge is 0.379 e. The summed E-state index contributed by atoms with van der Waals surface area (Å²) in [5, 5.41) is 2.91. The Hall–Kier alpha value is -0.920. The molecule has 0 radical (unpaired) electrons. The van der Waals surface area contributed by atoms with Crippen molar-refractivity contribution < 1.29 is 12.8 Å². The van der Waals surface area contributed by atoms with Crippen molar-refractivity contribution >= 4 is 47.4 Å². The Morgan fingerprint density at radius 3 is 2.43 bits per heavy atom. The van der Waals surface area contributed by atoms with Crippen molar-refractivity contribution in [3.05, 3.63) is 56.7 Å². The van der Waals surface area contributed by atoms with Gasteiger partial charge < -0.3 is 5.32 Å². The minimum atomic E-state index is -3.36. The standard InChI is InChI=1S/C14H12Br2FNO2S/c1-21(19,20)10-3-5-13(17)14(7-10)18-8-9-2-4-11(15)12(16)6-9/h2-7,18H,8H2,1H3. The van der Waals surface area contributed by atoms with E-state index in [0.29, 0.717) is 6.54 Å². The highest BCUT2D eigenvalue weighted by Gasteiger charge is 2.11. The van der Waals surface area contributed by atoms with Crippen molar-refractivity contribution in [2.75, 3.05) is 11.6 Å². The molecule has 0 aliphatic heterocycles. The van der Waals surface area contributed by atoms with E-state index in [0.717, 1.165) is 26.8 Å². The van der Waals surface area contributed by atoms with Gasteiger partial charge >= 0.3 is 0 Å². The molecule has 3 nitrogen and oxygen atoms in total. The van der Waals surface area contributed by atoms with E-state index in [4.69, 9.17) is 0 Å². The molecule has 0 spiro atoms. The molecular formula is C14H12Br2FNO2S. The van der Waals surface area contributed by atoms with Crippen LogP contribution in [-0.4, -0.2) is 14.7 Å². The number of hydrogen-bond acceptors (Lipinski definition) is 3. The number of anilines is 1. The minimum absolute atomic E-state index is 0.0865. The first-order chi connectivity index (χ1) is 9.77. The fourth-order valence-electron chi connectivity index (χ4n) is 1.72. The van der Waals surface area contributed by atoms with E-state index in [9.17, 15) is 12.8 Å². The number of hydrogen-bond donors (Lipinski definition) is 1. The van der Waals surface area contributed by atoms with Crippen molar-refractivity contribution in [1.82, 2.24) is 0 Å². The Morgan fingerprint density at radius 1 is 1.10 bits per heavy atom. The highest BCUT2D eigenvalue weighted by molar-refractivity contribution is 9.13. The van der Waals surface area contributed by atoms with E-state index in [1.54, 1.807) is 0 Å². The number of rotatable bonds is 4. The van der Waals surface area contributed by atoms with Gasteiger partial charge in [-0.2, -0.15) is 0 Å². The van der Waals surface area contributed by atoms with Gasteiger partial charge in [-0.25, -0.2) is 12.8 Å². The molecule has 0 aromatic heterocycles. The predicted molar refractivity (Wildman–Crippen MR) is 88.7 cm³/mol. The third-order valence-corrected chi connectivity index (χ3v) is 5.82. The molecule has 0 amide bonds. The maximum atomic E-state index is 13.7. The summed E-state index contributed by atoms with van der Waals surface area (Å²) < 4.78 is 38.5. The first-order valence-corrected chi connectivity index (χ1v) is 9.42. The molecule has 7 heteroatoms. The summed E-state index contributed by atoms with van der Waals surface area (Å²) in [6.07, 6.45) is 1.09. The minimum Gasteiger partial charge on any atom is -0.379 e. The molecule has 0 saturated heterocycles. The lowest BCUT2D eigenvalue weighted by molar-refractivity contribution is 0.600. The van der Waals surface area contributed by atoms with Crippen molar-refractivity contribution in [3.8, 4) is 0 Å². The Labute approximate surface area is 139 Å². The van der Waals surface area contributed by atoms with Crippen LogP contribution in [0.15, 0.2) is 50.2 Å². The summed E-state index contributed by atoms with van der Waals surface area (Å²) in [7, 11) is -3.36. The normalized spacial score (nSPS) is 11.4. The predicted octanol–water partition coefficient (Wildman–Crippen LogP) is 4.37. The molecule has 2 aromatic carbocycles. The maximum Gasteiger partial charge on any atom is 0.175 e. The van der Waals surface area contributed by atoms with Gasteiger partial charge in [-0.3, -0.25) is 0 Å². The molecule has 2 rings (SSSR count). The van der Waals surface area contributed by atoms with E-state index in [2.05, 4.69) is 37.2 Å². The monoisotopic (exact) mass is 435 g/mol. The summed E-state index contributed by atoms with van der Waals surface area (Å²) >= 11 is 6.77. The van der Waals surface area contributed by atoms with Crippen LogP contribution in [0.2, 0.25) is 0 Å². The van der Waals surface area contributed by atoms with E-state index in [1.807, 2.05) is 18.2 Å². The molecule has 0 aliphatic carbocycles. The van der Waals surface area contributed by atoms with Crippen molar-refractivity contribution in [1.29, 1.82) is 0 Å². The van der Waals surface area contributed by atoms with Crippen LogP contribution in [0, 0.1) is 5.82 Å². The smallest absolute Gasteiger partial charge is 0.175 e. The Balaban J connectivity index is 2.21. The molecule has 1 N–H and O–H groups in total. The van der Waals surface area contributed by atoms with Gasteiger partial charge in [0.25, 0.3) is 0 Å². The van der Waals surface area contributed by atoms with Crippen LogP contribution in [0.1, 0.15) is 5.56 Å². The molecule has 112 valence electrons. The van der Waals surface area contributed by atoms with Crippen molar-refractivity contribution in [3.63, 3.8) is 0 Å². The lowest BCUT2D eigenvalue weighted by atomic mass is 10.2. The van der Waals surface area contributed by atoms with Gasteiger partial charge in [-0.05, 0) is 67.8 Å². The number of halogens is 3. The van der Waals surface area contributed by atoms with Crippen LogP contribution in [0.5, 0.6) is 0 Å². The third kappa shape index (κ3) is 4.28. The summed E-state index contributed by atoms with van der Waals surface area (Å²) in [6.45, 7) is 0.385. The first-order valence-electron chi connectivity index (χ1n) is 5.95. The first kappa shape index (κ1) is 16.5. The second kappa shape index (κ2) is 6.46. The average molecular weight is 437 g/mol. The van der Waals surface area contributed by atoms with Gasteiger partial charge in [0, 0.05) is 21.7 Å². The van der Waals surface area contributed by atoms with Crippen molar-refractivity contribution in [2.24, 2.45) is 0 Å². The molecule has 0 unspecified atom stereocenters. The van der Waals surface area contributed by atoms with Crippen LogP contribution in [0.25, 0.3) is 0 Å². The molecular weight excluding hydrogens is 425 g/mol. The van der Waals surface area contributed by atoms with Crippen LogP contribution in [0.3, 0.4) is 0 Å². The van der Waals surface area contributed by atoms with Gasteiger partial charge in [0.15, 0.2) is 9.84 Å². The fourth-order valence-corrected chi connectivity index (χ4v) is 3.04. The average Bonchev–Trinajstić information content (AvgIpc) is 2.40. The lowest BCUT2D eigenvalue weighted by Gasteiger charge is -2.10. The molecule has 0 aliphatic rings. The van der Waals surface area contributed by atoms with Crippen LogP contribution < -0.4 is 5.32 Å². The molecule has 0 fully saturated rings. The summed E-state index contributed by atoms with van der Waals surface area (Å²) in [5.41, 5.74) is 1.10. The highest BCUT2D eigenvalue weighted by atomic mass is 79.9. The number of benzene rings is 2. The Morgan fingerprint density at radius 2 is 1.81 bits per heavy atom. The SMILES string of the molecule is CS(=O)(=O)c1ccc(F)c(NCc2ccc(Br)c(Br)c2)c1. The fraction of sp³-hybridized carbons (Fsp3) is 0.143. The molecule has 2 aromatic rings. The second-order valence-electron chi connectivity index (χ2n) is 4.52. The summed E-state index contributed by atoms with van der Waals surface area (Å²) in [5.74, 6) is -0.487. The quantitative estimate of drug-likeness (QED) is 0.724. The van der Waals surface area contributed by atoms with Crippen molar-refractivity contribution in [2.45, 2.75) is 11.4 Å². The van der Waals surface area contributed by atoms with Crippen LogP contribution in [-0.2, 0) is 16.4 Å². The van der Waals surface area contributed by atoms with Gasteiger partial charge in [-0.1, -0.05) is 6.07 Å². The second-order valence-corrected chi connectivity index (χ2v) is 8.24. The topological polar surface area (TPSA) is 46.2 Å². The van der Waals surface area contributed by atoms with E-state index >= 15 is 0 Å². The maximum absolute atomic E-state index is 13.7.